The molecule has 0 amide bonds. The topological polar surface area (TPSA) is 24.7 Å². The number of hydrogen-bond acceptors (Lipinski definition) is 2. The van der Waals surface area contributed by atoms with Crippen molar-refractivity contribution in [3.8, 4) is 0 Å². The van der Waals surface area contributed by atoms with Gasteiger partial charge in [-0.25, -0.2) is 0 Å². The maximum absolute atomic E-state index is 4.43. The molecule has 3 aromatic rings. The number of nitrogens with zero attached hydrogens (tertiary/aromatic N) is 2. The van der Waals surface area contributed by atoms with Gasteiger partial charge in [-0.2, -0.15) is 5.11 Å². The molecular formula is C18H11BrN2. The second-order valence-electron chi connectivity index (χ2n) is 4.96. The van der Waals surface area contributed by atoms with Crippen molar-refractivity contribution in [2.24, 2.45) is 10.2 Å². The summed E-state index contributed by atoms with van der Waals surface area (Å²) in [5.74, 6) is 0. The van der Waals surface area contributed by atoms with Gasteiger partial charge in [0.25, 0.3) is 0 Å². The summed E-state index contributed by atoms with van der Waals surface area (Å²) in [4.78, 5) is 0. The van der Waals surface area contributed by atoms with Gasteiger partial charge in [-0.1, -0.05) is 52.3 Å². The summed E-state index contributed by atoms with van der Waals surface area (Å²) >= 11 is 3.42. The average molecular weight is 335 g/mol. The highest BCUT2D eigenvalue weighted by Gasteiger charge is 2.15. The fourth-order valence-electron chi connectivity index (χ4n) is 2.63. The van der Waals surface area contributed by atoms with Gasteiger partial charge in [0.1, 0.15) is 0 Å². The molecule has 0 heterocycles. The molecule has 0 spiro atoms. The monoisotopic (exact) mass is 334 g/mol. The summed E-state index contributed by atoms with van der Waals surface area (Å²) in [6, 6.07) is 20.4. The van der Waals surface area contributed by atoms with Gasteiger partial charge in [0.2, 0.25) is 0 Å². The van der Waals surface area contributed by atoms with Crippen LogP contribution in [-0.4, -0.2) is 0 Å². The average Bonchev–Trinajstić information content (AvgIpc) is 2.88. The Morgan fingerprint density at radius 1 is 0.762 bits per heavy atom. The van der Waals surface area contributed by atoms with E-state index in [9.17, 15) is 0 Å². The number of azo groups is 1. The second-order valence-corrected chi connectivity index (χ2v) is 5.87. The molecule has 0 saturated carbocycles. The van der Waals surface area contributed by atoms with Crippen LogP contribution in [0.3, 0.4) is 0 Å². The SMILES string of the molecule is Brc1ccc(/N=N/C2=Cc3cccc4cccc2c34)cc1. The van der Waals surface area contributed by atoms with Crippen molar-refractivity contribution in [2.45, 2.75) is 0 Å². The van der Waals surface area contributed by atoms with Gasteiger partial charge in [-0.05, 0) is 46.7 Å². The Bertz CT molecular complexity index is 887. The zero-order valence-electron chi connectivity index (χ0n) is 11.1. The predicted octanol–water partition coefficient (Wildman–Crippen LogP) is 6.20. The zero-order valence-corrected chi connectivity index (χ0v) is 12.7. The van der Waals surface area contributed by atoms with Crippen molar-refractivity contribution < 1.29 is 0 Å². The maximum atomic E-state index is 4.43. The van der Waals surface area contributed by atoms with Crippen LogP contribution in [0.1, 0.15) is 11.1 Å². The first kappa shape index (κ1) is 12.5. The van der Waals surface area contributed by atoms with E-state index in [1.807, 2.05) is 24.3 Å². The smallest absolute Gasteiger partial charge is 0.0941 e. The molecule has 0 atom stereocenters. The highest BCUT2D eigenvalue weighted by Crippen LogP contribution is 2.37. The van der Waals surface area contributed by atoms with Crippen molar-refractivity contribution in [1.29, 1.82) is 0 Å². The summed E-state index contributed by atoms with van der Waals surface area (Å²) < 4.78 is 1.04. The third-order valence-electron chi connectivity index (χ3n) is 3.60. The summed E-state index contributed by atoms with van der Waals surface area (Å²) in [6.07, 6.45) is 2.10. The van der Waals surface area contributed by atoms with Crippen LogP contribution < -0.4 is 0 Å². The Kier molecular flexibility index (Phi) is 2.93. The number of halogens is 1. The fourth-order valence-corrected chi connectivity index (χ4v) is 2.90. The van der Waals surface area contributed by atoms with Gasteiger partial charge < -0.3 is 0 Å². The molecule has 0 radical (unpaired) electrons. The first-order chi connectivity index (χ1) is 10.3. The van der Waals surface area contributed by atoms with Gasteiger partial charge in [-0.15, -0.1) is 5.11 Å². The van der Waals surface area contributed by atoms with Crippen LogP contribution in [-0.2, 0) is 0 Å². The number of hydrogen-bond donors (Lipinski definition) is 0. The quantitative estimate of drug-likeness (QED) is 0.498. The number of rotatable bonds is 2. The Morgan fingerprint density at radius 2 is 1.52 bits per heavy atom. The molecular weight excluding hydrogens is 324 g/mol. The maximum Gasteiger partial charge on any atom is 0.0941 e. The first-order valence-electron chi connectivity index (χ1n) is 6.72. The summed E-state index contributed by atoms with van der Waals surface area (Å²) in [7, 11) is 0. The molecule has 0 saturated heterocycles. The molecule has 100 valence electrons. The lowest BCUT2D eigenvalue weighted by Crippen LogP contribution is -1.79. The lowest BCUT2D eigenvalue weighted by Gasteiger charge is -2.01. The summed E-state index contributed by atoms with van der Waals surface area (Å²) in [5.41, 5.74) is 4.14. The Morgan fingerprint density at radius 3 is 2.33 bits per heavy atom. The van der Waals surface area contributed by atoms with Gasteiger partial charge in [0.15, 0.2) is 0 Å². The normalized spacial score (nSPS) is 13.1. The van der Waals surface area contributed by atoms with Crippen LogP contribution >= 0.6 is 15.9 Å². The van der Waals surface area contributed by atoms with Crippen LogP contribution in [0.15, 0.2) is 75.4 Å². The molecule has 0 bridgehead atoms. The van der Waals surface area contributed by atoms with E-state index in [1.165, 1.54) is 16.3 Å². The molecule has 4 rings (SSSR count). The molecule has 3 heteroatoms. The molecule has 0 unspecified atom stereocenters. The van der Waals surface area contributed by atoms with E-state index in [2.05, 4.69) is 68.6 Å². The molecule has 0 fully saturated rings. The summed E-state index contributed by atoms with van der Waals surface area (Å²) in [5, 5.41) is 11.3. The Hall–Kier alpha value is -2.26. The van der Waals surface area contributed by atoms with Crippen molar-refractivity contribution in [3.63, 3.8) is 0 Å². The second kappa shape index (κ2) is 4.93. The molecule has 21 heavy (non-hydrogen) atoms. The summed E-state index contributed by atoms with van der Waals surface area (Å²) in [6.45, 7) is 0. The van der Waals surface area contributed by atoms with E-state index < -0.39 is 0 Å². The van der Waals surface area contributed by atoms with Gasteiger partial charge in [0, 0.05) is 10.0 Å². The molecule has 1 aliphatic rings. The van der Waals surface area contributed by atoms with Crippen LogP contribution in [0.25, 0.3) is 22.5 Å². The Balaban J connectivity index is 1.75. The number of benzene rings is 3. The van der Waals surface area contributed by atoms with Crippen LogP contribution in [0.4, 0.5) is 5.69 Å². The standard InChI is InChI=1S/C18H11BrN2/c19-14-7-9-15(10-8-14)20-21-17-11-13-5-1-3-12-4-2-6-16(17)18(12)13/h1-11H/b21-20+. The molecule has 1 aliphatic carbocycles. The molecule has 0 N–H and O–H groups in total. The molecule has 0 aliphatic heterocycles. The van der Waals surface area contributed by atoms with Gasteiger partial charge in [0.05, 0.1) is 11.4 Å². The third-order valence-corrected chi connectivity index (χ3v) is 4.13. The lowest BCUT2D eigenvalue weighted by atomic mass is 10.0. The Labute approximate surface area is 131 Å². The zero-order chi connectivity index (χ0) is 14.2. The highest BCUT2D eigenvalue weighted by molar-refractivity contribution is 9.10. The third kappa shape index (κ3) is 2.20. The first-order valence-corrected chi connectivity index (χ1v) is 7.52. The predicted molar refractivity (Wildman–Crippen MR) is 90.5 cm³/mol. The van der Waals surface area contributed by atoms with Gasteiger partial charge >= 0.3 is 0 Å². The molecule has 0 aromatic heterocycles. The lowest BCUT2D eigenvalue weighted by molar-refractivity contribution is 1.25. The minimum Gasteiger partial charge on any atom is -0.151 e. The highest BCUT2D eigenvalue weighted by atomic mass is 79.9. The largest absolute Gasteiger partial charge is 0.151 e. The molecule has 3 aromatic carbocycles. The van der Waals surface area contributed by atoms with Crippen LogP contribution in [0.2, 0.25) is 0 Å². The van der Waals surface area contributed by atoms with E-state index in [0.29, 0.717) is 0 Å². The van der Waals surface area contributed by atoms with E-state index in [-0.39, 0.29) is 0 Å². The van der Waals surface area contributed by atoms with Crippen LogP contribution in [0, 0.1) is 0 Å². The van der Waals surface area contributed by atoms with E-state index in [1.54, 1.807) is 0 Å². The van der Waals surface area contributed by atoms with Crippen molar-refractivity contribution in [1.82, 2.24) is 0 Å². The van der Waals surface area contributed by atoms with Crippen LogP contribution in [0.5, 0.6) is 0 Å². The van der Waals surface area contributed by atoms with Crippen molar-refractivity contribution >= 4 is 44.2 Å². The van der Waals surface area contributed by atoms with Crippen molar-refractivity contribution in [3.05, 3.63) is 76.3 Å². The molecule has 2 nitrogen and oxygen atoms in total. The van der Waals surface area contributed by atoms with Crippen molar-refractivity contribution in [2.75, 3.05) is 0 Å². The fraction of sp³-hybridized carbons (Fsp3) is 0. The minimum atomic E-state index is 0.849. The minimum absolute atomic E-state index is 0.849. The van der Waals surface area contributed by atoms with Gasteiger partial charge in [-0.3, -0.25) is 0 Å². The van der Waals surface area contributed by atoms with E-state index in [4.69, 9.17) is 0 Å². The van der Waals surface area contributed by atoms with E-state index >= 15 is 0 Å². The van der Waals surface area contributed by atoms with E-state index in [0.717, 1.165) is 21.4 Å².